The normalized spacial score (nSPS) is 22.0. The number of thiol groups is 1. The zero-order chi connectivity index (χ0) is 19.4. The van der Waals surface area contributed by atoms with Crippen LogP contribution in [0.3, 0.4) is 0 Å². The molecule has 0 spiro atoms. The van der Waals surface area contributed by atoms with Crippen molar-refractivity contribution in [1.82, 2.24) is 9.55 Å². The molecule has 1 aliphatic rings. The number of ether oxygens (including phenoxy) is 3. The SMILES string of the molecule is COc1ccc(OCC[C@H]2C[C@H](n3cc(C)c(=O)[nH]c3=O)O[C@@H]2CS)cc1. The molecule has 1 aromatic heterocycles. The van der Waals surface area contributed by atoms with Crippen molar-refractivity contribution in [3.05, 3.63) is 56.9 Å². The van der Waals surface area contributed by atoms with Gasteiger partial charge in [0.15, 0.2) is 0 Å². The molecule has 0 unspecified atom stereocenters. The van der Waals surface area contributed by atoms with E-state index in [1.165, 1.54) is 4.57 Å². The number of aromatic nitrogens is 2. The van der Waals surface area contributed by atoms with Gasteiger partial charge in [0.2, 0.25) is 0 Å². The van der Waals surface area contributed by atoms with Gasteiger partial charge in [-0.1, -0.05) is 0 Å². The average Bonchev–Trinajstić information content (AvgIpc) is 3.08. The van der Waals surface area contributed by atoms with Crippen molar-refractivity contribution >= 4 is 12.6 Å². The summed E-state index contributed by atoms with van der Waals surface area (Å²) >= 11 is 4.38. The van der Waals surface area contributed by atoms with Gasteiger partial charge in [-0.25, -0.2) is 4.79 Å². The number of hydrogen-bond donors (Lipinski definition) is 2. The summed E-state index contributed by atoms with van der Waals surface area (Å²) in [4.78, 5) is 26.0. The maximum Gasteiger partial charge on any atom is 0.330 e. The van der Waals surface area contributed by atoms with Gasteiger partial charge in [-0.15, -0.1) is 0 Å². The monoisotopic (exact) mass is 392 g/mol. The Balaban J connectivity index is 1.61. The molecule has 0 bridgehead atoms. The summed E-state index contributed by atoms with van der Waals surface area (Å²) in [5, 5.41) is 0. The summed E-state index contributed by atoms with van der Waals surface area (Å²) in [6.45, 7) is 2.21. The molecule has 7 nitrogen and oxygen atoms in total. The largest absolute Gasteiger partial charge is 0.497 e. The maximum absolute atomic E-state index is 12.1. The first-order chi connectivity index (χ1) is 13.0. The lowest BCUT2D eigenvalue weighted by Crippen LogP contribution is -2.33. The second kappa shape index (κ2) is 8.67. The van der Waals surface area contributed by atoms with Gasteiger partial charge in [0, 0.05) is 17.5 Å². The lowest BCUT2D eigenvalue weighted by molar-refractivity contribution is 0.00331. The van der Waals surface area contributed by atoms with Crippen LogP contribution in [-0.4, -0.2) is 35.1 Å². The zero-order valence-electron chi connectivity index (χ0n) is 15.4. The van der Waals surface area contributed by atoms with Crippen molar-refractivity contribution in [3.63, 3.8) is 0 Å². The Morgan fingerprint density at radius 3 is 2.63 bits per heavy atom. The third-order valence-electron chi connectivity index (χ3n) is 4.81. The van der Waals surface area contributed by atoms with E-state index in [0.717, 1.165) is 17.9 Å². The van der Waals surface area contributed by atoms with Crippen LogP contribution in [0.2, 0.25) is 0 Å². The molecule has 1 aromatic carbocycles. The van der Waals surface area contributed by atoms with Gasteiger partial charge in [-0.3, -0.25) is 14.3 Å². The standard InChI is InChI=1S/C19H24N2O5S/c1-12-10-21(19(23)20-18(12)22)17-9-13(16(11-27)26-17)7-8-25-15-5-3-14(24-2)4-6-15/h3-6,10,13,16-17,27H,7-9,11H2,1-2H3,(H,20,22,23)/t13-,16+,17+/m0/s1. The topological polar surface area (TPSA) is 82.5 Å². The van der Waals surface area contributed by atoms with Crippen LogP contribution in [0, 0.1) is 12.8 Å². The first kappa shape index (κ1) is 19.6. The van der Waals surface area contributed by atoms with Gasteiger partial charge in [-0.2, -0.15) is 12.6 Å². The van der Waals surface area contributed by atoms with E-state index in [2.05, 4.69) is 17.6 Å². The fraction of sp³-hybridized carbons (Fsp3) is 0.474. The Kier molecular flexibility index (Phi) is 6.28. The van der Waals surface area contributed by atoms with Crippen LogP contribution in [0.1, 0.15) is 24.6 Å². The molecule has 0 amide bonds. The van der Waals surface area contributed by atoms with Crippen molar-refractivity contribution in [2.24, 2.45) is 5.92 Å². The van der Waals surface area contributed by atoms with Crippen LogP contribution in [0.25, 0.3) is 0 Å². The number of nitrogens with zero attached hydrogens (tertiary/aromatic N) is 1. The highest BCUT2D eigenvalue weighted by Crippen LogP contribution is 2.35. The highest BCUT2D eigenvalue weighted by molar-refractivity contribution is 7.80. The highest BCUT2D eigenvalue weighted by atomic mass is 32.1. The number of hydrogen-bond acceptors (Lipinski definition) is 6. The Morgan fingerprint density at radius 2 is 1.96 bits per heavy atom. The van der Waals surface area contributed by atoms with E-state index < -0.39 is 11.9 Å². The molecule has 27 heavy (non-hydrogen) atoms. The van der Waals surface area contributed by atoms with Crippen LogP contribution < -0.4 is 20.7 Å². The van der Waals surface area contributed by atoms with Crippen molar-refractivity contribution in [3.8, 4) is 11.5 Å². The lowest BCUT2D eigenvalue weighted by atomic mass is 9.98. The van der Waals surface area contributed by atoms with Gasteiger partial charge < -0.3 is 14.2 Å². The van der Waals surface area contributed by atoms with E-state index in [-0.39, 0.29) is 17.6 Å². The fourth-order valence-electron chi connectivity index (χ4n) is 3.25. The molecule has 2 aromatic rings. The van der Waals surface area contributed by atoms with Crippen LogP contribution in [0.5, 0.6) is 11.5 Å². The first-order valence-corrected chi connectivity index (χ1v) is 9.50. The molecular formula is C19H24N2O5S. The smallest absolute Gasteiger partial charge is 0.330 e. The molecule has 0 radical (unpaired) electrons. The Labute approximate surface area is 162 Å². The summed E-state index contributed by atoms with van der Waals surface area (Å²) in [5.41, 5.74) is -0.347. The Morgan fingerprint density at radius 1 is 1.26 bits per heavy atom. The van der Waals surface area contributed by atoms with Gasteiger partial charge in [-0.05, 0) is 49.9 Å². The van der Waals surface area contributed by atoms with Gasteiger partial charge >= 0.3 is 5.69 Å². The quantitative estimate of drug-likeness (QED) is 0.706. The Bertz CT molecular complexity index is 877. The van der Waals surface area contributed by atoms with Gasteiger partial charge in [0.1, 0.15) is 17.7 Å². The summed E-state index contributed by atoms with van der Waals surface area (Å²) in [5.74, 6) is 2.33. The molecule has 3 rings (SSSR count). The molecule has 0 saturated carbocycles. The molecule has 1 N–H and O–H groups in total. The Hall–Kier alpha value is -2.19. The van der Waals surface area contributed by atoms with E-state index in [9.17, 15) is 9.59 Å². The van der Waals surface area contributed by atoms with Crippen LogP contribution in [0.4, 0.5) is 0 Å². The van der Waals surface area contributed by atoms with E-state index in [1.807, 2.05) is 24.3 Å². The van der Waals surface area contributed by atoms with E-state index >= 15 is 0 Å². The number of rotatable bonds is 7. The summed E-state index contributed by atoms with van der Waals surface area (Å²) in [6, 6.07) is 7.44. The summed E-state index contributed by atoms with van der Waals surface area (Å²) in [6.07, 6.45) is 2.53. The van der Waals surface area contributed by atoms with E-state index in [0.29, 0.717) is 24.3 Å². The molecule has 2 heterocycles. The number of methoxy groups -OCH3 is 1. The summed E-state index contributed by atoms with van der Waals surface area (Å²) in [7, 11) is 1.62. The second-order valence-electron chi connectivity index (χ2n) is 6.60. The minimum absolute atomic E-state index is 0.0723. The summed E-state index contributed by atoms with van der Waals surface area (Å²) < 4.78 is 18.4. The molecule has 8 heteroatoms. The molecule has 146 valence electrons. The minimum Gasteiger partial charge on any atom is -0.497 e. The van der Waals surface area contributed by atoms with Crippen LogP contribution >= 0.6 is 12.6 Å². The lowest BCUT2D eigenvalue weighted by Gasteiger charge is -2.16. The predicted molar refractivity (Wildman–Crippen MR) is 105 cm³/mol. The first-order valence-electron chi connectivity index (χ1n) is 8.87. The third kappa shape index (κ3) is 4.56. The number of nitrogens with one attached hydrogen (secondary N) is 1. The van der Waals surface area contributed by atoms with Crippen molar-refractivity contribution in [1.29, 1.82) is 0 Å². The molecule has 1 aliphatic heterocycles. The van der Waals surface area contributed by atoms with E-state index in [4.69, 9.17) is 14.2 Å². The van der Waals surface area contributed by atoms with Crippen LogP contribution in [-0.2, 0) is 4.74 Å². The number of benzene rings is 1. The average molecular weight is 392 g/mol. The van der Waals surface area contributed by atoms with Gasteiger partial charge in [0.25, 0.3) is 5.56 Å². The molecule has 0 aliphatic carbocycles. The van der Waals surface area contributed by atoms with Crippen molar-refractivity contribution < 1.29 is 14.2 Å². The molecule has 3 atom stereocenters. The predicted octanol–water partition coefficient (Wildman–Crippen LogP) is 2.16. The minimum atomic E-state index is -0.455. The molecule has 1 saturated heterocycles. The number of aromatic amines is 1. The maximum atomic E-state index is 12.1. The van der Waals surface area contributed by atoms with E-state index in [1.54, 1.807) is 20.2 Å². The fourth-order valence-corrected chi connectivity index (χ4v) is 3.64. The van der Waals surface area contributed by atoms with Crippen LogP contribution in [0.15, 0.2) is 40.1 Å². The third-order valence-corrected chi connectivity index (χ3v) is 5.17. The molecule has 1 fully saturated rings. The van der Waals surface area contributed by atoms with Gasteiger partial charge in [0.05, 0.1) is 19.8 Å². The number of aryl methyl sites for hydroxylation is 1. The second-order valence-corrected chi connectivity index (χ2v) is 6.96. The molecular weight excluding hydrogens is 368 g/mol. The number of H-pyrrole nitrogens is 1. The van der Waals surface area contributed by atoms with Crippen molar-refractivity contribution in [2.75, 3.05) is 19.5 Å². The zero-order valence-corrected chi connectivity index (χ0v) is 16.3. The van der Waals surface area contributed by atoms with Crippen molar-refractivity contribution in [2.45, 2.75) is 32.1 Å². The highest BCUT2D eigenvalue weighted by Gasteiger charge is 2.35.